The molecule has 0 aliphatic heterocycles. The molecule has 0 unspecified atom stereocenters. The molecule has 1 aromatic rings. The minimum absolute atomic E-state index is 0.0840. The Balaban J connectivity index is 2.73. The lowest BCUT2D eigenvalue weighted by atomic mass is 10.1. The summed E-state index contributed by atoms with van der Waals surface area (Å²) in [5, 5.41) is 5.65. The third kappa shape index (κ3) is 5.69. The molecule has 0 aliphatic rings. The Morgan fingerprint density at radius 2 is 2.00 bits per heavy atom. The van der Waals surface area contributed by atoms with Gasteiger partial charge in [0, 0.05) is 17.3 Å². The number of carbonyl (C=O) groups is 2. The quantitative estimate of drug-likeness (QED) is 0.718. The molecule has 0 aromatic heterocycles. The van der Waals surface area contributed by atoms with E-state index in [0.717, 1.165) is 11.3 Å². The number of thioether (sulfide) groups is 1. The van der Waals surface area contributed by atoms with Gasteiger partial charge in [0.15, 0.2) is 0 Å². The second-order valence-electron chi connectivity index (χ2n) is 5.54. The van der Waals surface area contributed by atoms with E-state index in [2.05, 4.69) is 10.6 Å². The van der Waals surface area contributed by atoms with Crippen LogP contribution in [0.2, 0.25) is 0 Å². The van der Waals surface area contributed by atoms with Crippen LogP contribution in [0.25, 0.3) is 0 Å². The van der Waals surface area contributed by atoms with E-state index in [1.165, 1.54) is 0 Å². The van der Waals surface area contributed by atoms with Gasteiger partial charge in [0.2, 0.25) is 5.91 Å². The van der Waals surface area contributed by atoms with Gasteiger partial charge in [0.1, 0.15) is 0 Å². The highest BCUT2D eigenvalue weighted by molar-refractivity contribution is 7.98. The number of aryl methyl sites for hydroxylation is 1. The fourth-order valence-corrected chi connectivity index (χ4v) is 2.44. The molecule has 0 radical (unpaired) electrons. The Labute approximate surface area is 136 Å². The fraction of sp³-hybridized carbons (Fsp3) is 0.500. The summed E-state index contributed by atoms with van der Waals surface area (Å²) in [5.74, 6) is 0.539. The van der Waals surface area contributed by atoms with Gasteiger partial charge in [0.25, 0.3) is 5.91 Å². The average Bonchev–Trinajstić information content (AvgIpc) is 2.43. The van der Waals surface area contributed by atoms with Crippen molar-refractivity contribution in [2.24, 2.45) is 5.73 Å². The molecule has 6 heteroatoms. The number of hydrogen-bond donors (Lipinski definition) is 3. The standard InChI is InChI=1S/C16H25N3O2S/c1-10(2)18-15(20)13-6-5-12(9-11(13)3)19-16(21)14(17)7-8-22-4/h5-6,9-10,14H,7-8,17H2,1-4H3,(H,18,20)(H,19,21)/t14-/m0/s1. The van der Waals surface area contributed by atoms with Crippen LogP contribution in [0.3, 0.4) is 0 Å². The predicted molar refractivity (Wildman–Crippen MR) is 93.4 cm³/mol. The van der Waals surface area contributed by atoms with Crippen molar-refractivity contribution in [2.45, 2.75) is 39.3 Å². The van der Waals surface area contributed by atoms with Crippen molar-refractivity contribution in [3.63, 3.8) is 0 Å². The van der Waals surface area contributed by atoms with Gasteiger partial charge in [-0.2, -0.15) is 11.8 Å². The predicted octanol–water partition coefficient (Wildman–Crippen LogP) is 2.15. The normalized spacial score (nSPS) is 12.1. The Bertz CT molecular complexity index is 532. The molecule has 0 aliphatic carbocycles. The van der Waals surface area contributed by atoms with E-state index in [4.69, 9.17) is 5.73 Å². The Hall–Kier alpha value is -1.53. The molecule has 5 nitrogen and oxygen atoms in total. The van der Waals surface area contributed by atoms with Crippen molar-refractivity contribution in [3.8, 4) is 0 Å². The summed E-state index contributed by atoms with van der Waals surface area (Å²) in [6, 6.07) is 4.80. The van der Waals surface area contributed by atoms with E-state index < -0.39 is 6.04 Å². The lowest BCUT2D eigenvalue weighted by molar-refractivity contribution is -0.117. The Kier molecular flexibility index (Phi) is 7.41. The van der Waals surface area contributed by atoms with Gasteiger partial charge in [-0.1, -0.05) is 0 Å². The fourth-order valence-electron chi connectivity index (χ4n) is 1.95. The first kappa shape index (κ1) is 18.5. The SMILES string of the molecule is CSCC[C@H](N)C(=O)Nc1ccc(C(=O)NC(C)C)c(C)c1. The first-order chi connectivity index (χ1) is 10.3. The lowest BCUT2D eigenvalue weighted by Gasteiger charge is -2.14. The van der Waals surface area contributed by atoms with E-state index in [0.29, 0.717) is 17.7 Å². The number of nitrogens with one attached hydrogen (secondary N) is 2. The second kappa shape index (κ2) is 8.80. The summed E-state index contributed by atoms with van der Waals surface area (Å²) >= 11 is 1.66. The van der Waals surface area contributed by atoms with Gasteiger partial charge in [-0.25, -0.2) is 0 Å². The van der Waals surface area contributed by atoms with Crippen molar-refractivity contribution in [1.29, 1.82) is 0 Å². The number of amides is 2. The molecular weight excluding hydrogens is 298 g/mol. The molecular formula is C16H25N3O2S. The summed E-state index contributed by atoms with van der Waals surface area (Å²) in [6.07, 6.45) is 2.62. The van der Waals surface area contributed by atoms with Gasteiger partial charge in [0.05, 0.1) is 6.04 Å². The van der Waals surface area contributed by atoms with Gasteiger partial charge in [-0.05, 0) is 63.0 Å². The zero-order valence-corrected chi connectivity index (χ0v) is 14.4. The summed E-state index contributed by atoms with van der Waals surface area (Å²) in [7, 11) is 0. The molecule has 0 fully saturated rings. The van der Waals surface area contributed by atoms with E-state index in [1.807, 2.05) is 27.0 Å². The van der Waals surface area contributed by atoms with Gasteiger partial charge >= 0.3 is 0 Å². The number of rotatable bonds is 7. The summed E-state index contributed by atoms with van der Waals surface area (Å²) < 4.78 is 0. The number of nitrogens with two attached hydrogens (primary N) is 1. The lowest BCUT2D eigenvalue weighted by Crippen LogP contribution is -2.36. The molecule has 0 saturated carbocycles. The van der Waals surface area contributed by atoms with Crippen molar-refractivity contribution in [1.82, 2.24) is 5.32 Å². The van der Waals surface area contributed by atoms with E-state index in [1.54, 1.807) is 30.0 Å². The molecule has 4 N–H and O–H groups in total. The molecule has 122 valence electrons. The molecule has 0 bridgehead atoms. The van der Waals surface area contributed by atoms with E-state index >= 15 is 0 Å². The Morgan fingerprint density at radius 3 is 2.55 bits per heavy atom. The van der Waals surface area contributed by atoms with Crippen molar-refractivity contribution >= 4 is 29.3 Å². The number of anilines is 1. The molecule has 1 aromatic carbocycles. The summed E-state index contributed by atoms with van der Waals surface area (Å²) in [5.41, 5.74) is 7.91. The van der Waals surface area contributed by atoms with Crippen LogP contribution < -0.4 is 16.4 Å². The maximum absolute atomic E-state index is 12.0. The van der Waals surface area contributed by atoms with Crippen LogP contribution in [0.4, 0.5) is 5.69 Å². The maximum Gasteiger partial charge on any atom is 0.251 e. The van der Waals surface area contributed by atoms with Gasteiger partial charge in [-0.15, -0.1) is 0 Å². The molecule has 2 amide bonds. The minimum Gasteiger partial charge on any atom is -0.350 e. The largest absolute Gasteiger partial charge is 0.350 e. The van der Waals surface area contributed by atoms with Crippen LogP contribution in [0.15, 0.2) is 18.2 Å². The highest BCUT2D eigenvalue weighted by Crippen LogP contribution is 2.16. The topological polar surface area (TPSA) is 84.2 Å². The van der Waals surface area contributed by atoms with Crippen LogP contribution >= 0.6 is 11.8 Å². The summed E-state index contributed by atoms with van der Waals surface area (Å²) in [6.45, 7) is 5.67. The maximum atomic E-state index is 12.0. The highest BCUT2D eigenvalue weighted by atomic mass is 32.2. The van der Waals surface area contributed by atoms with Crippen LogP contribution in [0.5, 0.6) is 0 Å². The molecule has 1 atom stereocenters. The second-order valence-corrected chi connectivity index (χ2v) is 6.52. The monoisotopic (exact) mass is 323 g/mol. The van der Waals surface area contributed by atoms with Crippen LogP contribution in [-0.4, -0.2) is 35.9 Å². The van der Waals surface area contributed by atoms with Gasteiger partial charge in [-0.3, -0.25) is 9.59 Å². The zero-order valence-electron chi connectivity index (χ0n) is 13.6. The van der Waals surface area contributed by atoms with Crippen molar-refractivity contribution < 1.29 is 9.59 Å². The first-order valence-electron chi connectivity index (χ1n) is 7.32. The minimum atomic E-state index is -0.517. The molecule has 0 spiro atoms. The number of carbonyl (C=O) groups excluding carboxylic acids is 2. The van der Waals surface area contributed by atoms with Crippen LogP contribution in [0.1, 0.15) is 36.2 Å². The van der Waals surface area contributed by atoms with E-state index in [9.17, 15) is 9.59 Å². The van der Waals surface area contributed by atoms with Gasteiger partial charge < -0.3 is 16.4 Å². The van der Waals surface area contributed by atoms with Crippen LogP contribution in [0, 0.1) is 6.92 Å². The number of benzene rings is 1. The Morgan fingerprint density at radius 1 is 1.32 bits per heavy atom. The van der Waals surface area contributed by atoms with E-state index in [-0.39, 0.29) is 17.9 Å². The number of hydrogen-bond acceptors (Lipinski definition) is 4. The first-order valence-corrected chi connectivity index (χ1v) is 8.71. The third-order valence-electron chi connectivity index (χ3n) is 3.13. The molecule has 22 heavy (non-hydrogen) atoms. The molecule has 0 heterocycles. The molecule has 1 rings (SSSR count). The van der Waals surface area contributed by atoms with Crippen molar-refractivity contribution in [3.05, 3.63) is 29.3 Å². The van der Waals surface area contributed by atoms with Crippen molar-refractivity contribution in [2.75, 3.05) is 17.3 Å². The average molecular weight is 323 g/mol. The smallest absolute Gasteiger partial charge is 0.251 e. The zero-order chi connectivity index (χ0) is 16.7. The molecule has 0 saturated heterocycles. The summed E-state index contributed by atoms with van der Waals surface area (Å²) in [4.78, 5) is 24.0. The third-order valence-corrected chi connectivity index (χ3v) is 3.77. The van der Waals surface area contributed by atoms with Crippen LogP contribution in [-0.2, 0) is 4.79 Å². The highest BCUT2D eigenvalue weighted by Gasteiger charge is 2.15.